The van der Waals surface area contributed by atoms with Crippen LogP contribution in [0.3, 0.4) is 0 Å². The molecule has 2 aliphatic rings. The summed E-state index contributed by atoms with van der Waals surface area (Å²) in [6.07, 6.45) is 1.36. The molecule has 9 heteroatoms. The van der Waals surface area contributed by atoms with Gasteiger partial charge in [0.2, 0.25) is 0 Å². The minimum absolute atomic E-state index is 0.112. The number of alkyl carbamates (subject to hydrolysis) is 1. The van der Waals surface area contributed by atoms with Crippen LogP contribution in [0.1, 0.15) is 66.9 Å². The fraction of sp³-hybridized carbons (Fsp3) is 0.720. The van der Waals surface area contributed by atoms with Gasteiger partial charge < -0.3 is 28.8 Å². The Hall–Kier alpha value is -1.97. The SMILES string of the molecule is COc1cc(B2OC(C)(C)C(C)(C)O2)cc(OC)c1CN1CCC(NC(=O)OC(C)(C)C)CC1. The number of rotatable bonds is 6. The number of nitrogens with one attached hydrogen (secondary N) is 1. The molecule has 0 radical (unpaired) electrons. The highest BCUT2D eigenvalue weighted by atomic mass is 16.7. The third kappa shape index (κ3) is 6.17. The Kier molecular flexibility index (Phi) is 7.80. The monoisotopic (exact) mass is 476 g/mol. The fourth-order valence-electron chi connectivity index (χ4n) is 4.21. The second-order valence-corrected chi connectivity index (χ2v) is 11.2. The predicted octanol–water partition coefficient (Wildman–Crippen LogP) is 3.49. The smallest absolute Gasteiger partial charge is 0.495 e. The summed E-state index contributed by atoms with van der Waals surface area (Å²) in [7, 11) is 2.85. The average molecular weight is 476 g/mol. The van der Waals surface area contributed by atoms with Crippen LogP contribution in [0.4, 0.5) is 4.79 Å². The first-order valence-corrected chi connectivity index (χ1v) is 12.1. The molecule has 1 aromatic carbocycles. The molecule has 2 aliphatic heterocycles. The summed E-state index contributed by atoms with van der Waals surface area (Å²) < 4.78 is 29.4. The van der Waals surface area contributed by atoms with E-state index < -0.39 is 23.9 Å². The van der Waals surface area contributed by atoms with Gasteiger partial charge in [-0.3, -0.25) is 4.90 Å². The first kappa shape index (κ1) is 26.6. The van der Waals surface area contributed by atoms with Gasteiger partial charge in [-0.05, 0) is 78.9 Å². The van der Waals surface area contributed by atoms with E-state index in [1.54, 1.807) is 14.2 Å². The van der Waals surface area contributed by atoms with E-state index >= 15 is 0 Å². The molecule has 2 fully saturated rings. The number of hydrogen-bond donors (Lipinski definition) is 1. The van der Waals surface area contributed by atoms with E-state index in [0.717, 1.165) is 48.5 Å². The summed E-state index contributed by atoms with van der Waals surface area (Å²) in [5.41, 5.74) is 0.521. The van der Waals surface area contributed by atoms with Gasteiger partial charge in [0.1, 0.15) is 17.1 Å². The van der Waals surface area contributed by atoms with E-state index in [0.29, 0.717) is 6.54 Å². The Balaban J connectivity index is 1.67. The number of hydrogen-bond acceptors (Lipinski definition) is 7. The molecule has 0 aliphatic carbocycles. The molecule has 34 heavy (non-hydrogen) atoms. The molecule has 0 atom stereocenters. The second kappa shape index (κ2) is 9.95. The zero-order valence-electron chi connectivity index (χ0n) is 22.2. The maximum Gasteiger partial charge on any atom is 0.495 e. The lowest BCUT2D eigenvalue weighted by Crippen LogP contribution is -2.45. The standard InChI is InChI=1S/C25H41BN2O6/c1-23(2,3)32-22(29)27-18-10-12-28(13-11-18)16-19-20(30-8)14-17(15-21(19)31-9)26-33-24(4,5)25(6,7)34-26/h14-15,18H,10-13,16H2,1-9H3,(H,27,29). The van der Waals surface area contributed by atoms with Crippen molar-refractivity contribution < 1.29 is 28.3 Å². The summed E-state index contributed by atoms with van der Waals surface area (Å²) in [6, 6.07) is 4.08. The molecule has 1 N–H and O–H groups in total. The third-order valence-electron chi connectivity index (χ3n) is 6.85. The van der Waals surface area contributed by atoms with E-state index in [-0.39, 0.29) is 12.1 Å². The Morgan fingerprint density at radius 3 is 2.00 bits per heavy atom. The number of carbonyl (C=O) groups is 1. The largest absolute Gasteiger partial charge is 0.496 e. The molecule has 0 aromatic heterocycles. The fourth-order valence-corrected chi connectivity index (χ4v) is 4.21. The van der Waals surface area contributed by atoms with Gasteiger partial charge in [0.05, 0.1) is 31.0 Å². The van der Waals surface area contributed by atoms with E-state index in [4.69, 9.17) is 23.5 Å². The van der Waals surface area contributed by atoms with E-state index in [9.17, 15) is 4.79 Å². The highest BCUT2D eigenvalue weighted by Gasteiger charge is 2.52. The number of piperidine rings is 1. The zero-order chi connectivity index (χ0) is 25.3. The van der Waals surface area contributed by atoms with E-state index in [1.165, 1.54) is 0 Å². The molecule has 190 valence electrons. The predicted molar refractivity (Wildman–Crippen MR) is 133 cm³/mol. The number of carbonyl (C=O) groups excluding carboxylic acids is 1. The Morgan fingerprint density at radius 1 is 1.06 bits per heavy atom. The molecule has 0 spiro atoms. The van der Waals surface area contributed by atoms with E-state index in [2.05, 4.69) is 10.2 Å². The van der Waals surface area contributed by atoms with Crippen molar-refractivity contribution in [3.63, 3.8) is 0 Å². The highest BCUT2D eigenvalue weighted by Crippen LogP contribution is 2.38. The summed E-state index contributed by atoms with van der Waals surface area (Å²) >= 11 is 0. The molecule has 2 heterocycles. The summed E-state index contributed by atoms with van der Waals surface area (Å²) in [4.78, 5) is 14.4. The number of methoxy groups -OCH3 is 2. The molecule has 8 nitrogen and oxygen atoms in total. The molecule has 1 aromatic rings. The maximum absolute atomic E-state index is 12.1. The van der Waals surface area contributed by atoms with Gasteiger partial charge in [0, 0.05) is 25.7 Å². The molecular formula is C25H41BN2O6. The van der Waals surface area contributed by atoms with Crippen LogP contribution in [0, 0.1) is 0 Å². The van der Waals surface area contributed by atoms with Crippen molar-refractivity contribution in [1.29, 1.82) is 0 Å². The van der Waals surface area contributed by atoms with Gasteiger partial charge in [-0.15, -0.1) is 0 Å². The van der Waals surface area contributed by atoms with Gasteiger partial charge in [0.25, 0.3) is 0 Å². The van der Waals surface area contributed by atoms with Crippen LogP contribution in [-0.4, -0.2) is 68.3 Å². The Labute approximate surface area is 204 Å². The number of ether oxygens (including phenoxy) is 3. The molecule has 0 bridgehead atoms. The molecule has 3 rings (SSSR count). The van der Waals surface area contributed by atoms with Gasteiger partial charge in [-0.2, -0.15) is 0 Å². The summed E-state index contributed by atoms with van der Waals surface area (Å²) in [5.74, 6) is 1.50. The van der Waals surface area contributed by atoms with Crippen molar-refractivity contribution in [2.45, 2.75) is 90.7 Å². The number of likely N-dealkylation sites (tertiary alicyclic amines) is 1. The van der Waals surface area contributed by atoms with Crippen molar-refractivity contribution >= 4 is 18.7 Å². The number of nitrogens with zero attached hydrogens (tertiary/aromatic N) is 1. The molecule has 2 saturated heterocycles. The van der Waals surface area contributed by atoms with Gasteiger partial charge >= 0.3 is 13.2 Å². The average Bonchev–Trinajstić information content (AvgIpc) is 2.95. The maximum atomic E-state index is 12.1. The van der Waals surface area contributed by atoms with Crippen molar-refractivity contribution in [2.75, 3.05) is 27.3 Å². The lowest BCUT2D eigenvalue weighted by atomic mass is 9.78. The minimum atomic E-state index is -0.496. The summed E-state index contributed by atoms with van der Waals surface area (Å²) in [6.45, 7) is 16.2. The highest BCUT2D eigenvalue weighted by molar-refractivity contribution is 6.62. The number of benzene rings is 1. The second-order valence-electron chi connectivity index (χ2n) is 11.2. The quantitative estimate of drug-likeness (QED) is 0.630. The van der Waals surface area contributed by atoms with Crippen molar-refractivity contribution in [3.8, 4) is 11.5 Å². The van der Waals surface area contributed by atoms with Gasteiger partial charge in [0.15, 0.2) is 0 Å². The lowest BCUT2D eigenvalue weighted by Gasteiger charge is -2.33. The molecule has 0 unspecified atom stereocenters. The van der Waals surface area contributed by atoms with Crippen LogP contribution in [-0.2, 0) is 20.6 Å². The molecule has 1 amide bonds. The first-order valence-electron chi connectivity index (χ1n) is 12.1. The van der Waals surface area contributed by atoms with Crippen LogP contribution in [0.2, 0.25) is 0 Å². The van der Waals surface area contributed by atoms with Crippen LogP contribution in [0.15, 0.2) is 12.1 Å². The van der Waals surface area contributed by atoms with Crippen LogP contribution >= 0.6 is 0 Å². The minimum Gasteiger partial charge on any atom is -0.496 e. The Morgan fingerprint density at radius 2 is 1.56 bits per heavy atom. The van der Waals surface area contributed by atoms with E-state index in [1.807, 2.05) is 60.6 Å². The third-order valence-corrected chi connectivity index (χ3v) is 6.85. The first-order chi connectivity index (χ1) is 15.7. The lowest BCUT2D eigenvalue weighted by molar-refractivity contribution is 0.00578. The Bertz CT molecular complexity index is 834. The van der Waals surface area contributed by atoms with Crippen LogP contribution < -0.4 is 20.3 Å². The normalized spacial score (nSPS) is 20.8. The summed E-state index contributed by atoms with van der Waals surface area (Å²) in [5, 5.41) is 2.99. The van der Waals surface area contributed by atoms with Crippen molar-refractivity contribution in [2.24, 2.45) is 0 Å². The zero-order valence-corrected chi connectivity index (χ0v) is 22.2. The topological polar surface area (TPSA) is 78.5 Å². The van der Waals surface area contributed by atoms with Crippen LogP contribution in [0.5, 0.6) is 11.5 Å². The molecule has 0 saturated carbocycles. The molecular weight excluding hydrogens is 435 g/mol. The van der Waals surface area contributed by atoms with Gasteiger partial charge in [-0.25, -0.2) is 4.79 Å². The van der Waals surface area contributed by atoms with Gasteiger partial charge in [-0.1, -0.05) is 0 Å². The van der Waals surface area contributed by atoms with Crippen LogP contribution in [0.25, 0.3) is 0 Å². The van der Waals surface area contributed by atoms with Crippen molar-refractivity contribution in [3.05, 3.63) is 17.7 Å². The number of amides is 1. The van der Waals surface area contributed by atoms with Crippen molar-refractivity contribution in [1.82, 2.24) is 10.2 Å².